The molecule has 0 atom stereocenters. The third-order valence-corrected chi connectivity index (χ3v) is 4.89. The minimum atomic E-state index is 0.747. The lowest BCUT2D eigenvalue weighted by molar-refractivity contribution is 1.23. The summed E-state index contributed by atoms with van der Waals surface area (Å²) in [5.74, 6) is 0.747. The van der Waals surface area contributed by atoms with E-state index in [2.05, 4.69) is 78.9 Å². The van der Waals surface area contributed by atoms with Crippen LogP contribution in [-0.2, 0) is 0 Å². The fraction of sp³-hybridized carbons (Fsp3) is 0. The molecule has 5 rings (SSSR count). The molecule has 0 aliphatic rings. The average molecular weight is 358 g/mol. The van der Waals surface area contributed by atoms with E-state index in [0.29, 0.717) is 0 Å². The summed E-state index contributed by atoms with van der Waals surface area (Å²) in [5.41, 5.74) is 6.35. The normalized spacial score (nSPS) is 10.9. The molecule has 1 heterocycles. The highest BCUT2D eigenvalue weighted by Crippen LogP contribution is 2.35. The Morgan fingerprint density at radius 3 is 1.64 bits per heavy atom. The van der Waals surface area contributed by atoms with E-state index in [1.165, 1.54) is 5.56 Å². The standard InChI is InChI=1S/C26H18N2/c1-4-11-19(12-5-1)22-17-10-18-23-24(22)25(20-13-6-2-7-14-20)28-26(27-23)21-15-8-3-9-16-21/h1-18H. The van der Waals surface area contributed by atoms with Crippen LogP contribution >= 0.6 is 0 Å². The van der Waals surface area contributed by atoms with Gasteiger partial charge in [-0.25, -0.2) is 9.97 Å². The molecule has 0 bridgehead atoms. The Balaban J connectivity index is 1.86. The molecule has 0 aliphatic carbocycles. The van der Waals surface area contributed by atoms with Gasteiger partial charge in [-0.2, -0.15) is 0 Å². The Kier molecular flexibility index (Phi) is 4.15. The topological polar surface area (TPSA) is 25.8 Å². The number of fused-ring (bicyclic) bond motifs is 1. The Morgan fingerprint density at radius 1 is 0.429 bits per heavy atom. The Morgan fingerprint density at radius 2 is 1.00 bits per heavy atom. The Bertz CT molecular complexity index is 1230. The maximum absolute atomic E-state index is 5.02. The molecule has 4 aromatic carbocycles. The second-order valence-corrected chi connectivity index (χ2v) is 6.69. The van der Waals surface area contributed by atoms with Crippen molar-refractivity contribution < 1.29 is 0 Å². The van der Waals surface area contributed by atoms with Crippen LogP contribution in [0.3, 0.4) is 0 Å². The van der Waals surface area contributed by atoms with Gasteiger partial charge in [-0.15, -0.1) is 0 Å². The molecule has 1 aromatic heterocycles. The number of rotatable bonds is 3. The highest BCUT2D eigenvalue weighted by molar-refractivity contribution is 6.04. The van der Waals surface area contributed by atoms with Gasteiger partial charge in [-0.1, -0.05) is 103 Å². The van der Waals surface area contributed by atoms with Gasteiger partial charge in [0, 0.05) is 16.5 Å². The van der Waals surface area contributed by atoms with E-state index in [1.54, 1.807) is 0 Å². The molecule has 0 saturated heterocycles. The molecule has 0 aliphatic heterocycles. The molecule has 0 fully saturated rings. The van der Waals surface area contributed by atoms with E-state index in [9.17, 15) is 0 Å². The molecular weight excluding hydrogens is 340 g/mol. The lowest BCUT2D eigenvalue weighted by Crippen LogP contribution is -1.96. The number of nitrogens with zero attached hydrogens (tertiary/aromatic N) is 2. The summed E-state index contributed by atoms with van der Waals surface area (Å²) in [6.45, 7) is 0. The summed E-state index contributed by atoms with van der Waals surface area (Å²) in [6, 6.07) is 37.2. The van der Waals surface area contributed by atoms with Crippen molar-refractivity contribution in [2.45, 2.75) is 0 Å². The van der Waals surface area contributed by atoms with E-state index >= 15 is 0 Å². The SMILES string of the molecule is c1ccc(-c2nc(-c3ccccc3)c3c(-c4ccccc4)cccc3n2)cc1. The fourth-order valence-corrected chi connectivity index (χ4v) is 3.56. The maximum Gasteiger partial charge on any atom is 0.160 e. The highest BCUT2D eigenvalue weighted by Gasteiger charge is 2.15. The largest absolute Gasteiger partial charge is 0.228 e. The first kappa shape index (κ1) is 16.4. The fourth-order valence-electron chi connectivity index (χ4n) is 3.56. The highest BCUT2D eigenvalue weighted by atomic mass is 14.9. The van der Waals surface area contributed by atoms with Crippen LogP contribution in [0.4, 0.5) is 0 Å². The van der Waals surface area contributed by atoms with E-state index in [0.717, 1.165) is 39.1 Å². The van der Waals surface area contributed by atoms with E-state index in [1.807, 2.05) is 30.3 Å². The van der Waals surface area contributed by atoms with Gasteiger partial charge in [-0.05, 0) is 17.2 Å². The number of aromatic nitrogens is 2. The first-order valence-electron chi connectivity index (χ1n) is 9.37. The van der Waals surface area contributed by atoms with E-state index in [-0.39, 0.29) is 0 Å². The summed E-state index contributed by atoms with van der Waals surface area (Å²) in [5, 5.41) is 1.08. The molecule has 0 amide bonds. The van der Waals surface area contributed by atoms with Crippen molar-refractivity contribution in [3.63, 3.8) is 0 Å². The van der Waals surface area contributed by atoms with Crippen molar-refractivity contribution >= 4 is 10.9 Å². The summed E-state index contributed by atoms with van der Waals surface area (Å²) in [4.78, 5) is 9.92. The molecule has 0 N–H and O–H groups in total. The lowest BCUT2D eigenvalue weighted by atomic mass is 9.96. The van der Waals surface area contributed by atoms with Crippen LogP contribution in [0.1, 0.15) is 0 Å². The monoisotopic (exact) mass is 358 g/mol. The number of hydrogen-bond donors (Lipinski definition) is 0. The van der Waals surface area contributed by atoms with Crippen molar-refractivity contribution in [1.82, 2.24) is 9.97 Å². The van der Waals surface area contributed by atoms with Crippen molar-refractivity contribution in [2.24, 2.45) is 0 Å². The third-order valence-electron chi connectivity index (χ3n) is 4.89. The first-order valence-corrected chi connectivity index (χ1v) is 9.37. The Labute approximate surface area is 164 Å². The third kappa shape index (κ3) is 2.95. The second kappa shape index (κ2) is 7.09. The van der Waals surface area contributed by atoms with Crippen LogP contribution in [0.15, 0.2) is 109 Å². The summed E-state index contributed by atoms with van der Waals surface area (Å²) in [6.07, 6.45) is 0. The maximum atomic E-state index is 5.02. The minimum absolute atomic E-state index is 0.747. The van der Waals surface area contributed by atoms with Crippen LogP contribution in [0, 0.1) is 0 Å². The zero-order valence-electron chi connectivity index (χ0n) is 15.3. The van der Waals surface area contributed by atoms with Crippen LogP contribution in [0.25, 0.3) is 44.7 Å². The van der Waals surface area contributed by atoms with Gasteiger partial charge in [0.2, 0.25) is 0 Å². The van der Waals surface area contributed by atoms with Crippen molar-refractivity contribution in [3.05, 3.63) is 109 Å². The van der Waals surface area contributed by atoms with Gasteiger partial charge >= 0.3 is 0 Å². The van der Waals surface area contributed by atoms with Crippen LogP contribution in [0.2, 0.25) is 0 Å². The summed E-state index contributed by atoms with van der Waals surface area (Å²) < 4.78 is 0. The van der Waals surface area contributed by atoms with Gasteiger partial charge in [0.25, 0.3) is 0 Å². The van der Waals surface area contributed by atoms with Gasteiger partial charge < -0.3 is 0 Å². The molecule has 0 radical (unpaired) electrons. The van der Waals surface area contributed by atoms with Gasteiger partial charge in [-0.3, -0.25) is 0 Å². The van der Waals surface area contributed by atoms with Crippen molar-refractivity contribution in [3.8, 4) is 33.8 Å². The Hall–Kier alpha value is -3.78. The number of hydrogen-bond acceptors (Lipinski definition) is 2. The van der Waals surface area contributed by atoms with E-state index < -0.39 is 0 Å². The van der Waals surface area contributed by atoms with Gasteiger partial charge in [0.05, 0.1) is 11.2 Å². The van der Waals surface area contributed by atoms with Crippen molar-refractivity contribution in [1.29, 1.82) is 0 Å². The molecule has 0 saturated carbocycles. The lowest BCUT2D eigenvalue weighted by Gasteiger charge is -2.13. The van der Waals surface area contributed by atoms with Crippen LogP contribution in [0.5, 0.6) is 0 Å². The predicted octanol–water partition coefficient (Wildman–Crippen LogP) is 6.63. The first-order chi connectivity index (χ1) is 13.9. The zero-order chi connectivity index (χ0) is 18.8. The molecular formula is C26H18N2. The van der Waals surface area contributed by atoms with Gasteiger partial charge in [0.15, 0.2) is 5.82 Å². The quantitative estimate of drug-likeness (QED) is 0.362. The molecule has 28 heavy (non-hydrogen) atoms. The summed E-state index contributed by atoms with van der Waals surface area (Å²) >= 11 is 0. The predicted molar refractivity (Wildman–Crippen MR) is 116 cm³/mol. The van der Waals surface area contributed by atoms with Crippen LogP contribution in [-0.4, -0.2) is 9.97 Å². The molecule has 5 aromatic rings. The molecule has 132 valence electrons. The zero-order valence-corrected chi connectivity index (χ0v) is 15.3. The molecule has 0 spiro atoms. The minimum Gasteiger partial charge on any atom is -0.228 e. The second-order valence-electron chi connectivity index (χ2n) is 6.69. The van der Waals surface area contributed by atoms with E-state index in [4.69, 9.17) is 9.97 Å². The number of benzene rings is 4. The summed E-state index contributed by atoms with van der Waals surface area (Å²) in [7, 11) is 0. The molecule has 2 nitrogen and oxygen atoms in total. The van der Waals surface area contributed by atoms with Gasteiger partial charge in [0.1, 0.15) is 0 Å². The molecule has 2 heteroatoms. The smallest absolute Gasteiger partial charge is 0.160 e. The molecule has 0 unspecified atom stereocenters. The average Bonchev–Trinajstić information content (AvgIpc) is 2.79. The van der Waals surface area contributed by atoms with Crippen molar-refractivity contribution in [2.75, 3.05) is 0 Å². The van der Waals surface area contributed by atoms with Crippen LogP contribution < -0.4 is 0 Å².